The molecular weight excluding hydrogens is 224 g/mol. The van der Waals surface area contributed by atoms with Crippen LogP contribution in [0.15, 0.2) is 18.2 Å². The number of aliphatic carboxylic acids is 1. The van der Waals surface area contributed by atoms with Crippen LogP contribution in [0.2, 0.25) is 0 Å². The van der Waals surface area contributed by atoms with E-state index in [2.05, 4.69) is 0 Å². The lowest BCUT2D eigenvalue weighted by molar-refractivity contribution is -0.136. The predicted molar refractivity (Wildman–Crippen MR) is 64.9 cm³/mol. The molecule has 0 saturated carbocycles. The topological polar surface area (TPSA) is 54.4 Å². The van der Waals surface area contributed by atoms with Gasteiger partial charge in [0.15, 0.2) is 0 Å². The molecule has 1 rings (SSSR count). The van der Waals surface area contributed by atoms with Crippen LogP contribution in [0.1, 0.15) is 23.6 Å². The maximum Gasteiger partial charge on any atom is 0.318 e. The molecule has 0 radical (unpaired) electrons. The molecule has 0 spiro atoms. The molecule has 0 saturated heterocycles. The molecule has 1 N–H and O–H groups in total. The number of carboxylic acid groups (broad SMARTS) is 1. The molecule has 2 unspecified atom stereocenters. The van der Waals surface area contributed by atoms with Crippen molar-refractivity contribution in [2.45, 2.75) is 31.8 Å². The Balaban J connectivity index is 2.77. The summed E-state index contributed by atoms with van der Waals surface area (Å²) in [6.45, 7) is 5.47. The van der Waals surface area contributed by atoms with Crippen LogP contribution in [-0.4, -0.2) is 20.5 Å². The van der Waals surface area contributed by atoms with Crippen molar-refractivity contribution >= 4 is 16.8 Å². The lowest BCUT2D eigenvalue weighted by Crippen LogP contribution is -2.22. The molecule has 0 fully saturated rings. The fourth-order valence-electron chi connectivity index (χ4n) is 1.30. The van der Waals surface area contributed by atoms with Gasteiger partial charge in [0, 0.05) is 16.6 Å². The van der Waals surface area contributed by atoms with Crippen LogP contribution in [0.25, 0.3) is 0 Å². The molecule has 0 aliphatic heterocycles. The van der Waals surface area contributed by atoms with Crippen molar-refractivity contribution in [2.75, 3.05) is 0 Å². The molecule has 0 bridgehead atoms. The molecule has 1 aromatic carbocycles. The summed E-state index contributed by atoms with van der Waals surface area (Å²) in [5, 5.41) is 7.92. The van der Waals surface area contributed by atoms with Gasteiger partial charge in [0.1, 0.15) is 5.25 Å². The average molecular weight is 240 g/mol. The van der Waals surface area contributed by atoms with Gasteiger partial charge in [-0.1, -0.05) is 18.2 Å². The van der Waals surface area contributed by atoms with E-state index in [-0.39, 0.29) is 0 Å². The van der Waals surface area contributed by atoms with E-state index in [1.54, 1.807) is 0 Å². The number of rotatable bonds is 4. The Bertz CT molecular complexity index is 426. The quantitative estimate of drug-likeness (QED) is 0.876. The summed E-state index contributed by atoms with van der Waals surface area (Å²) >= 11 is 0. The van der Waals surface area contributed by atoms with E-state index in [1.807, 2.05) is 32.0 Å². The molecule has 0 heterocycles. The molecule has 0 aliphatic carbocycles. The first-order valence-electron chi connectivity index (χ1n) is 5.08. The predicted octanol–water partition coefficient (Wildman–Crippen LogP) is 2.03. The monoisotopic (exact) mass is 240 g/mol. The number of hydrogen-bond donors (Lipinski definition) is 1. The van der Waals surface area contributed by atoms with Crippen molar-refractivity contribution in [3.05, 3.63) is 34.9 Å². The highest BCUT2D eigenvalue weighted by atomic mass is 32.2. The maximum atomic E-state index is 11.7. The van der Waals surface area contributed by atoms with E-state index in [0.29, 0.717) is 5.75 Å². The summed E-state index contributed by atoms with van der Waals surface area (Å²) in [6, 6.07) is 5.82. The standard InChI is InChI=1S/C12H16O3S/c1-8-4-5-11(6-9(8)2)7-16(15)10(3)12(13)14/h4-6,10H,7H2,1-3H3,(H,13,14). The zero-order valence-electron chi connectivity index (χ0n) is 9.69. The van der Waals surface area contributed by atoms with E-state index in [0.717, 1.165) is 11.1 Å². The maximum absolute atomic E-state index is 11.7. The molecule has 1 aromatic rings. The number of hydrogen-bond acceptors (Lipinski definition) is 2. The molecule has 0 aliphatic rings. The lowest BCUT2D eigenvalue weighted by atomic mass is 10.1. The van der Waals surface area contributed by atoms with Crippen LogP contribution in [0.3, 0.4) is 0 Å². The second kappa shape index (κ2) is 5.25. The highest BCUT2D eigenvalue weighted by Gasteiger charge is 2.18. The third-order valence-corrected chi connectivity index (χ3v) is 4.23. The van der Waals surface area contributed by atoms with Gasteiger partial charge in [-0.15, -0.1) is 0 Å². The first-order valence-corrected chi connectivity index (χ1v) is 6.46. The van der Waals surface area contributed by atoms with Crippen molar-refractivity contribution in [3.8, 4) is 0 Å². The zero-order valence-corrected chi connectivity index (χ0v) is 10.5. The first-order chi connectivity index (χ1) is 7.41. The SMILES string of the molecule is Cc1ccc(CS(=O)C(C)C(=O)O)cc1C. The van der Waals surface area contributed by atoms with Crippen LogP contribution >= 0.6 is 0 Å². The second-order valence-corrected chi connectivity index (χ2v) is 5.68. The van der Waals surface area contributed by atoms with Crippen LogP contribution < -0.4 is 0 Å². The molecule has 3 nitrogen and oxygen atoms in total. The third-order valence-electron chi connectivity index (χ3n) is 2.62. The third kappa shape index (κ3) is 3.17. The smallest absolute Gasteiger partial charge is 0.318 e. The van der Waals surface area contributed by atoms with Crippen LogP contribution in [0.5, 0.6) is 0 Å². The van der Waals surface area contributed by atoms with Gasteiger partial charge < -0.3 is 5.11 Å². The number of carboxylic acids is 1. The van der Waals surface area contributed by atoms with Crippen molar-refractivity contribution in [2.24, 2.45) is 0 Å². The highest BCUT2D eigenvalue weighted by Crippen LogP contribution is 2.13. The number of aryl methyl sites for hydroxylation is 2. The number of benzene rings is 1. The van der Waals surface area contributed by atoms with Crippen molar-refractivity contribution in [1.29, 1.82) is 0 Å². The van der Waals surface area contributed by atoms with E-state index < -0.39 is 22.0 Å². The molecular formula is C12H16O3S. The molecule has 4 heteroatoms. The van der Waals surface area contributed by atoms with Crippen LogP contribution in [0.4, 0.5) is 0 Å². The van der Waals surface area contributed by atoms with Gasteiger partial charge in [-0.2, -0.15) is 0 Å². The van der Waals surface area contributed by atoms with Crippen LogP contribution in [0, 0.1) is 13.8 Å². The van der Waals surface area contributed by atoms with Gasteiger partial charge in [0.25, 0.3) is 0 Å². The van der Waals surface area contributed by atoms with E-state index in [4.69, 9.17) is 5.11 Å². The fraction of sp³-hybridized carbons (Fsp3) is 0.417. The summed E-state index contributed by atoms with van der Waals surface area (Å²) in [6.07, 6.45) is 0. The van der Waals surface area contributed by atoms with Gasteiger partial charge in [-0.25, -0.2) is 0 Å². The van der Waals surface area contributed by atoms with E-state index >= 15 is 0 Å². The largest absolute Gasteiger partial charge is 0.480 e. The fourth-order valence-corrected chi connectivity index (χ4v) is 2.28. The Morgan fingerprint density at radius 2 is 2.00 bits per heavy atom. The average Bonchev–Trinajstić information content (AvgIpc) is 2.22. The van der Waals surface area contributed by atoms with Crippen molar-refractivity contribution in [3.63, 3.8) is 0 Å². The van der Waals surface area contributed by atoms with Crippen molar-refractivity contribution < 1.29 is 14.1 Å². The number of carbonyl (C=O) groups is 1. The van der Waals surface area contributed by atoms with E-state index in [9.17, 15) is 9.00 Å². The normalized spacial score (nSPS) is 14.4. The molecule has 2 atom stereocenters. The Labute approximate surface area is 98.0 Å². The van der Waals surface area contributed by atoms with Gasteiger partial charge >= 0.3 is 5.97 Å². The summed E-state index contributed by atoms with van der Waals surface area (Å²) in [4.78, 5) is 10.7. The minimum absolute atomic E-state index is 0.300. The highest BCUT2D eigenvalue weighted by molar-refractivity contribution is 7.85. The summed E-state index contributed by atoms with van der Waals surface area (Å²) in [7, 11) is -1.36. The Morgan fingerprint density at radius 1 is 1.38 bits per heavy atom. The van der Waals surface area contributed by atoms with Gasteiger partial charge in [0.05, 0.1) is 0 Å². The van der Waals surface area contributed by atoms with Gasteiger partial charge in [-0.3, -0.25) is 9.00 Å². The zero-order chi connectivity index (χ0) is 12.3. The Kier molecular flexibility index (Phi) is 4.24. The first kappa shape index (κ1) is 12.9. The molecule has 16 heavy (non-hydrogen) atoms. The summed E-state index contributed by atoms with van der Waals surface area (Å²) < 4.78 is 11.7. The molecule has 88 valence electrons. The Morgan fingerprint density at radius 3 is 2.50 bits per heavy atom. The van der Waals surface area contributed by atoms with Crippen molar-refractivity contribution in [1.82, 2.24) is 0 Å². The molecule has 0 aromatic heterocycles. The van der Waals surface area contributed by atoms with Gasteiger partial charge in [-0.05, 0) is 37.5 Å². The second-order valence-electron chi connectivity index (χ2n) is 3.92. The van der Waals surface area contributed by atoms with E-state index in [1.165, 1.54) is 12.5 Å². The minimum atomic E-state index is -1.36. The lowest BCUT2D eigenvalue weighted by Gasteiger charge is -2.08. The minimum Gasteiger partial charge on any atom is -0.480 e. The summed E-state index contributed by atoms with van der Waals surface area (Å²) in [5.74, 6) is -0.712. The Hall–Kier alpha value is -1.16. The van der Waals surface area contributed by atoms with Crippen LogP contribution in [-0.2, 0) is 21.3 Å². The molecule has 0 amide bonds. The summed E-state index contributed by atoms with van der Waals surface area (Å²) in [5.41, 5.74) is 3.24. The van der Waals surface area contributed by atoms with Gasteiger partial charge in [0.2, 0.25) is 0 Å².